The molecule has 4 rings (SSSR count). The monoisotopic (exact) mass is 459 g/mol. The minimum atomic E-state index is -1.11. The van der Waals surface area contributed by atoms with Gasteiger partial charge in [0.15, 0.2) is 0 Å². The molecule has 9 nitrogen and oxygen atoms in total. The zero-order valence-electron chi connectivity index (χ0n) is 18.8. The summed E-state index contributed by atoms with van der Waals surface area (Å²) in [5.41, 5.74) is -0.491. The van der Waals surface area contributed by atoms with Crippen LogP contribution in [-0.4, -0.2) is 59.2 Å². The van der Waals surface area contributed by atoms with E-state index in [0.717, 1.165) is 11.0 Å². The Bertz CT molecular complexity index is 1060. The summed E-state index contributed by atoms with van der Waals surface area (Å²) in [4.78, 5) is 64.3. The lowest BCUT2D eigenvalue weighted by molar-refractivity contribution is -0.160. The van der Waals surface area contributed by atoms with Crippen molar-refractivity contribution < 1.29 is 33.1 Å². The van der Waals surface area contributed by atoms with Crippen LogP contribution < -0.4 is 10.2 Å². The highest BCUT2D eigenvalue weighted by molar-refractivity contribution is 6.23. The number of carbonyl (C=O) groups excluding carboxylic acids is 5. The summed E-state index contributed by atoms with van der Waals surface area (Å²) < 4.78 is 20.4. The summed E-state index contributed by atoms with van der Waals surface area (Å²) in [6, 6.07) is 1.26. The minimum absolute atomic E-state index is 0.00994. The second kappa shape index (κ2) is 8.24. The predicted octanol–water partition coefficient (Wildman–Crippen LogP) is 1.78. The Morgan fingerprint density at radius 2 is 1.64 bits per heavy atom. The van der Waals surface area contributed by atoms with Crippen LogP contribution in [0.5, 0.6) is 0 Å². The molecule has 0 radical (unpaired) electrons. The SMILES string of the molecule is CC(C)(C)OC(=O)C1CCN(c2cc3c(cc2F)C(=O)N(C2CCC(=O)NC2=O)C3=O)CC1. The molecule has 3 aliphatic heterocycles. The average Bonchev–Trinajstić information content (AvgIpc) is 2.96. The molecule has 1 aromatic rings. The number of imide groups is 2. The van der Waals surface area contributed by atoms with Crippen LogP contribution >= 0.6 is 0 Å². The number of fused-ring (bicyclic) bond motifs is 1. The van der Waals surface area contributed by atoms with Crippen LogP contribution in [0.3, 0.4) is 0 Å². The van der Waals surface area contributed by atoms with Crippen molar-refractivity contribution >= 4 is 35.3 Å². The highest BCUT2D eigenvalue weighted by Crippen LogP contribution is 2.34. The highest BCUT2D eigenvalue weighted by atomic mass is 19.1. The van der Waals surface area contributed by atoms with Crippen molar-refractivity contribution in [1.82, 2.24) is 10.2 Å². The average molecular weight is 459 g/mol. The first kappa shape index (κ1) is 22.9. The number of amides is 4. The number of nitrogens with one attached hydrogen (secondary N) is 1. The van der Waals surface area contributed by atoms with E-state index in [-0.39, 0.29) is 41.5 Å². The molecule has 33 heavy (non-hydrogen) atoms. The molecule has 1 atom stereocenters. The predicted molar refractivity (Wildman–Crippen MR) is 114 cm³/mol. The highest BCUT2D eigenvalue weighted by Gasteiger charge is 2.45. The topological polar surface area (TPSA) is 113 Å². The first-order valence-electron chi connectivity index (χ1n) is 11.0. The lowest BCUT2D eigenvalue weighted by Gasteiger charge is -2.34. The molecular formula is C23H26FN3O6. The number of piperidine rings is 2. The number of rotatable bonds is 3. The van der Waals surface area contributed by atoms with Gasteiger partial charge in [0.05, 0.1) is 22.7 Å². The number of hydrogen-bond donors (Lipinski definition) is 1. The number of halogens is 1. The number of esters is 1. The lowest BCUT2D eigenvalue weighted by atomic mass is 9.95. The van der Waals surface area contributed by atoms with Crippen LogP contribution in [-0.2, 0) is 19.1 Å². The Labute approximate surface area is 190 Å². The summed E-state index contributed by atoms with van der Waals surface area (Å²) in [7, 11) is 0. The number of ether oxygens (including phenoxy) is 1. The van der Waals surface area contributed by atoms with Crippen molar-refractivity contribution in [3.63, 3.8) is 0 Å². The summed E-state index contributed by atoms with van der Waals surface area (Å²) in [6.45, 7) is 6.18. The van der Waals surface area contributed by atoms with Gasteiger partial charge in [-0.2, -0.15) is 0 Å². The number of benzene rings is 1. The molecule has 4 amide bonds. The van der Waals surface area contributed by atoms with Crippen molar-refractivity contribution in [1.29, 1.82) is 0 Å². The molecule has 10 heteroatoms. The summed E-state index contributed by atoms with van der Waals surface area (Å²) in [5, 5.41) is 2.13. The third-order valence-corrected chi connectivity index (χ3v) is 6.08. The first-order chi connectivity index (χ1) is 15.5. The van der Waals surface area contributed by atoms with E-state index in [1.165, 1.54) is 6.07 Å². The Balaban J connectivity index is 1.51. The zero-order chi connectivity index (χ0) is 24.1. The third-order valence-electron chi connectivity index (χ3n) is 6.08. The summed E-state index contributed by atoms with van der Waals surface area (Å²) in [5.74, 6) is -3.84. The van der Waals surface area contributed by atoms with Crippen LogP contribution in [0, 0.1) is 11.7 Å². The van der Waals surface area contributed by atoms with Gasteiger partial charge in [-0.05, 0) is 52.2 Å². The van der Waals surface area contributed by atoms with Crippen molar-refractivity contribution in [2.24, 2.45) is 5.92 Å². The normalized spacial score (nSPS) is 21.9. The third kappa shape index (κ3) is 4.34. The van der Waals surface area contributed by atoms with E-state index in [2.05, 4.69) is 5.32 Å². The fourth-order valence-corrected chi connectivity index (χ4v) is 4.46. The quantitative estimate of drug-likeness (QED) is 0.542. The van der Waals surface area contributed by atoms with Gasteiger partial charge >= 0.3 is 5.97 Å². The van der Waals surface area contributed by atoms with Crippen LogP contribution in [0.4, 0.5) is 10.1 Å². The van der Waals surface area contributed by atoms with E-state index in [1.54, 1.807) is 25.7 Å². The minimum Gasteiger partial charge on any atom is -0.460 e. The van der Waals surface area contributed by atoms with Gasteiger partial charge in [0, 0.05) is 19.5 Å². The second-order valence-electron chi connectivity index (χ2n) is 9.59. The van der Waals surface area contributed by atoms with Crippen molar-refractivity contribution in [3.05, 3.63) is 29.1 Å². The van der Waals surface area contributed by atoms with Gasteiger partial charge in [0.2, 0.25) is 11.8 Å². The number of hydrogen-bond acceptors (Lipinski definition) is 7. The molecule has 0 saturated carbocycles. The Hall–Kier alpha value is -3.30. The van der Waals surface area contributed by atoms with E-state index in [1.807, 2.05) is 0 Å². The molecule has 0 bridgehead atoms. The molecule has 0 aliphatic carbocycles. The molecule has 1 aromatic carbocycles. The fourth-order valence-electron chi connectivity index (χ4n) is 4.46. The maximum Gasteiger partial charge on any atom is 0.309 e. The maximum absolute atomic E-state index is 15.0. The molecule has 3 aliphatic rings. The molecule has 0 aromatic heterocycles. The molecule has 0 spiro atoms. The van der Waals surface area contributed by atoms with Gasteiger partial charge in [-0.1, -0.05) is 0 Å². The Kier molecular flexibility index (Phi) is 5.71. The van der Waals surface area contributed by atoms with Gasteiger partial charge in [0.1, 0.15) is 17.5 Å². The number of anilines is 1. The fraction of sp³-hybridized carbons (Fsp3) is 0.522. The van der Waals surface area contributed by atoms with Crippen molar-refractivity contribution in [3.8, 4) is 0 Å². The molecule has 176 valence electrons. The van der Waals surface area contributed by atoms with Gasteiger partial charge in [-0.25, -0.2) is 4.39 Å². The first-order valence-corrected chi connectivity index (χ1v) is 11.0. The Morgan fingerprint density at radius 1 is 1.03 bits per heavy atom. The van der Waals surface area contributed by atoms with Crippen LogP contribution in [0.1, 0.15) is 67.2 Å². The van der Waals surface area contributed by atoms with Crippen LogP contribution in [0.2, 0.25) is 0 Å². The largest absolute Gasteiger partial charge is 0.460 e. The van der Waals surface area contributed by atoms with E-state index in [4.69, 9.17) is 4.74 Å². The zero-order valence-corrected chi connectivity index (χ0v) is 18.8. The van der Waals surface area contributed by atoms with Gasteiger partial charge in [-0.15, -0.1) is 0 Å². The van der Waals surface area contributed by atoms with E-state index in [9.17, 15) is 28.4 Å². The molecule has 1 N–H and O–H groups in total. The number of nitrogens with zero attached hydrogens (tertiary/aromatic N) is 2. The number of carbonyl (C=O) groups is 5. The maximum atomic E-state index is 15.0. The molecule has 3 heterocycles. The lowest BCUT2D eigenvalue weighted by Crippen LogP contribution is -2.54. The van der Waals surface area contributed by atoms with Crippen LogP contribution in [0.15, 0.2) is 12.1 Å². The van der Waals surface area contributed by atoms with Gasteiger partial charge in [0.25, 0.3) is 11.8 Å². The van der Waals surface area contributed by atoms with E-state index < -0.39 is 41.1 Å². The molecule has 1 unspecified atom stereocenters. The van der Waals surface area contributed by atoms with Gasteiger partial charge < -0.3 is 9.64 Å². The molecule has 2 saturated heterocycles. The summed E-state index contributed by atoms with van der Waals surface area (Å²) in [6.07, 6.45) is 0.987. The second-order valence-corrected chi connectivity index (χ2v) is 9.59. The van der Waals surface area contributed by atoms with Gasteiger partial charge in [-0.3, -0.25) is 34.2 Å². The van der Waals surface area contributed by atoms with E-state index in [0.29, 0.717) is 25.9 Å². The smallest absolute Gasteiger partial charge is 0.309 e. The van der Waals surface area contributed by atoms with E-state index >= 15 is 0 Å². The summed E-state index contributed by atoms with van der Waals surface area (Å²) >= 11 is 0. The van der Waals surface area contributed by atoms with Crippen molar-refractivity contribution in [2.45, 2.75) is 58.1 Å². The molecular weight excluding hydrogens is 433 g/mol. The van der Waals surface area contributed by atoms with Crippen LogP contribution in [0.25, 0.3) is 0 Å². The standard InChI is InChI=1S/C23H26FN3O6/c1-23(2,3)33-22(32)12-6-8-26(9-7-12)17-11-14-13(10-15(17)24)20(30)27(21(14)31)16-4-5-18(28)25-19(16)29/h10-12,16H,4-9H2,1-3H3,(H,25,28,29). The molecule has 2 fully saturated rings. The Morgan fingerprint density at radius 3 is 2.21 bits per heavy atom. The van der Waals surface area contributed by atoms with Crippen molar-refractivity contribution in [2.75, 3.05) is 18.0 Å².